The van der Waals surface area contributed by atoms with E-state index in [1.54, 1.807) is 133 Å². The normalized spacial score (nSPS) is 11.3. The van der Waals surface area contributed by atoms with Gasteiger partial charge in [0.15, 0.2) is 24.8 Å². The Bertz CT molecular complexity index is 3330. The first-order chi connectivity index (χ1) is 37.3. The number of pyridine rings is 2. The van der Waals surface area contributed by atoms with Crippen LogP contribution < -0.4 is 50.9 Å². The number of amides is 5. The van der Waals surface area contributed by atoms with Gasteiger partial charge in [-0.15, -0.1) is 0 Å². The summed E-state index contributed by atoms with van der Waals surface area (Å²) in [5, 5.41) is 7.53. The van der Waals surface area contributed by atoms with Crippen LogP contribution in [0.2, 0.25) is 0 Å². The molecule has 0 radical (unpaired) electrons. The summed E-state index contributed by atoms with van der Waals surface area (Å²) in [4.78, 5) is 68.8. The van der Waals surface area contributed by atoms with Crippen molar-refractivity contribution in [1.82, 2.24) is 20.8 Å². The molecule has 0 spiro atoms. The third-order valence-electron chi connectivity index (χ3n) is 12.4. The zero-order valence-corrected chi connectivity index (χ0v) is 45.9. The monoisotopic (exact) mass is 1110 g/mol. The molecule has 78 heavy (non-hydrogen) atoms. The number of carbonyl (C=O) groups is 5. The molecule has 0 saturated heterocycles. The lowest BCUT2D eigenvalue weighted by atomic mass is 10.1. The van der Waals surface area contributed by atoms with Crippen LogP contribution in [-0.4, -0.2) is 84.5 Å². The van der Waals surface area contributed by atoms with E-state index in [9.17, 15) is 40.8 Å². The largest absolute Gasteiger partial charge is 0.342 e. The van der Waals surface area contributed by atoms with Crippen molar-refractivity contribution in [2.45, 2.75) is 82.9 Å². The van der Waals surface area contributed by atoms with Crippen molar-refractivity contribution in [2.75, 3.05) is 58.1 Å². The van der Waals surface area contributed by atoms with Gasteiger partial charge in [-0.25, -0.2) is 16.8 Å². The molecule has 6 rings (SSSR count). The number of hydrazine groups is 2. The molecular weight excluding hydrogens is 1040 g/mol. The second-order valence-electron chi connectivity index (χ2n) is 18.4. The Labute approximate surface area is 454 Å². The van der Waals surface area contributed by atoms with Gasteiger partial charge < -0.3 is 15.5 Å². The zero-order chi connectivity index (χ0) is 56.4. The zero-order valence-electron chi connectivity index (χ0n) is 44.3. The number of rotatable bonds is 29. The molecule has 2 heterocycles. The Morgan fingerprint density at radius 1 is 0.564 bits per heavy atom. The molecular formula is C54H66N12O10S2+2. The Morgan fingerprint density at radius 2 is 1.01 bits per heavy atom. The van der Waals surface area contributed by atoms with Crippen LogP contribution >= 0.6 is 0 Å². The maximum absolute atomic E-state index is 13.4. The standard InChI is InChI=1S/C54H64N12O10S2/c1-38-15-25-48(77(72,73)61-46-21-17-44(18-22-46)59-55-36-67)40(3)52(38)57-50(69)33-65-29-11-13-42(31-65)35-76-64(6)28-10-8-7-9-27-63(5)54(71)43-14-12-30-66(32-43)34-51(70)58-53-39(2)16-26-49(41(53)4)78(74,75)62-47-23-19-45(20-24-47)60-56-37-68/h11-26,29-32,36-37,59-62H,7-10,27-28,33-35H2,1-6H3,(H2-2,55,56,57,58,67,68,69,70)/p+2. The lowest BCUT2D eigenvalue weighted by Crippen LogP contribution is -2.41. The van der Waals surface area contributed by atoms with Crippen molar-refractivity contribution in [3.05, 3.63) is 155 Å². The molecule has 22 nitrogen and oxygen atoms in total. The lowest BCUT2D eigenvalue weighted by molar-refractivity contribution is -0.684. The van der Waals surface area contributed by atoms with Gasteiger partial charge in [0.25, 0.3) is 37.8 Å². The third kappa shape index (κ3) is 16.8. The first kappa shape index (κ1) is 58.8. The van der Waals surface area contributed by atoms with E-state index in [-0.39, 0.29) is 41.3 Å². The molecule has 24 heteroatoms. The quantitative estimate of drug-likeness (QED) is 0.0130. The summed E-state index contributed by atoms with van der Waals surface area (Å²) in [6, 6.07) is 25.9. The van der Waals surface area contributed by atoms with Crippen LogP contribution in [0, 0.1) is 27.7 Å². The van der Waals surface area contributed by atoms with Crippen LogP contribution in [-0.2, 0) is 63.8 Å². The minimum absolute atomic E-state index is 0.0113. The van der Waals surface area contributed by atoms with Crippen molar-refractivity contribution in [3.63, 3.8) is 0 Å². The summed E-state index contributed by atoms with van der Waals surface area (Å²) in [6.07, 6.45) is 11.3. The molecule has 0 aliphatic heterocycles. The number of hydrogen-bond donors (Lipinski definition) is 8. The number of sulfonamides is 2. The fourth-order valence-electron chi connectivity index (χ4n) is 8.32. The molecule has 5 amide bonds. The number of nitrogens with zero attached hydrogens (tertiary/aromatic N) is 4. The number of anilines is 6. The fourth-order valence-corrected chi connectivity index (χ4v) is 10.9. The maximum Gasteiger partial charge on any atom is 0.290 e. The van der Waals surface area contributed by atoms with Crippen LogP contribution in [0.1, 0.15) is 63.9 Å². The van der Waals surface area contributed by atoms with E-state index >= 15 is 0 Å². The number of nitrogens with one attached hydrogen (secondary N) is 8. The molecule has 0 aliphatic carbocycles. The number of hydroxylamine groups is 2. The summed E-state index contributed by atoms with van der Waals surface area (Å²) < 4.78 is 62.2. The van der Waals surface area contributed by atoms with Crippen molar-refractivity contribution >= 4 is 84.7 Å². The van der Waals surface area contributed by atoms with E-state index in [1.807, 2.05) is 25.4 Å². The van der Waals surface area contributed by atoms with Gasteiger partial charge >= 0.3 is 0 Å². The molecule has 2 aromatic heterocycles. The van der Waals surface area contributed by atoms with Gasteiger partial charge in [-0.05, 0) is 136 Å². The number of aryl methyl sites for hydroxylation is 2. The molecule has 0 unspecified atom stereocenters. The second-order valence-corrected chi connectivity index (χ2v) is 21.7. The number of hydrogen-bond acceptors (Lipinski definition) is 13. The maximum atomic E-state index is 13.4. The van der Waals surface area contributed by atoms with E-state index in [1.165, 1.54) is 24.3 Å². The average molecular weight is 1110 g/mol. The Hall–Kier alpha value is -8.45. The first-order valence-electron chi connectivity index (χ1n) is 24.8. The first-order valence-corrected chi connectivity index (χ1v) is 27.8. The molecule has 0 bridgehead atoms. The fraction of sp³-hybridized carbons (Fsp3) is 0.278. The third-order valence-corrected chi connectivity index (χ3v) is 15.4. The minimum Gasteiger partial charge on any atom is -0.342 e. The van der Waals surface area contributed by atoms with E-state index in [2.05, 4.69) is 41.8 Å². The van der Waals surface area contributed by atoms with Gasteiger partial charge in [0, 0.05) is 67.6 Å². The minimum atomic E-state index is -4.05. The van der Waals surface area contributed by atoms with Crippen molar-refractivity contribution < 1.29 is 54.8 Å². The Morgan fingerprint density at radius 3 is 1.50 bits per heavy atom. The highest BCUT2D eigenvalue weighted by Gasteiger charge is 2.25. The van der Waals surface area contributed by atoms with Gasteiger partial charge in [-0.2, -0.15) is 14.2 Å². The van der Waals surface area contributed by atoms with Crippen LogP contribution in [0.25, 0.3) is 0 Å². The predicted molar refractivity (Wildman–Crippen MR) is 295 cm³/mol. The van der Waals surface area contributed by atoms with E-state index in [0.29, 0.717) is 87.9 Å². The van der Waals surface area contributed by atoms with Gasteiger partial charge in [-0.1, -0.05) is 25.0 Å². The summed E-state index contributed by atoms with van der Waals surface area (Å²) in [5.74, 6) is -0.949. The van der Waals surface area contributed by atoms with Crippen LogP contribution in [0.5, 0.6) is 0 Å². The van der Waals surface area contributed by atoms with Crippen molar-refractivity contribution in [2.24, 2.45) is 0 Å². The van der Waals surface area contributed by atoms with Gasteiger partial charge in [-0.3, -0.25) is 60.0 Å². The Balaban J connectivity index is 0.899. The highest BCUT2D eigenvalue weighted by Crippen LogP contribution is 2.30. The smallest absolute Gasteiger partial charge is 0.290 e. The van der Waals surface area contributed by atoms with Crippen molar-refractivity contribution in [1.29, 1.82) is 0 Å². The second kappa shape index (κ2) is 27.6. The average Bonchev–Trinajstić information content (AvgIpc) is 3.50. The van der Waals surface area contributed by atoms with E-state index < -0.39 is 26.0 Å². The molecule has 0 fully saturated rings. The van der Waals surface area contributed by atoms with Crippen LogP contribution in [0.15, 0.2) is 132 Å². The molecule has 0 aliphatic rings. The molecule has 6 aromatic rings. The van der Waals surface area contributed by atoms with Crippen LogP contribution in [0.4, 0.5) is 34.1 Å². The van der Waals surface area contributed by atoms with E-state index in [0.717, 1.165) is 31.2 Å². The predicted octanol–water partition coefficient (Wildman–Crippen LogP) is 5.22. The van der Waals surface area contributed by atoms with Gasteiger partial charge in [0.2, 0.25) is 25.9 Å². The molecule has 0 saturated carbocycles. The summed E-state index contributed by atoms with van der Waals surface area (Å²) in [6.45, 7) is 8.13. The van der Waals surface area contributed by atoms with Crippen LogP contribution in [0.3, 0.4) is 0 Å². The topological polar surface area (TPSA) is 273 Å². The summed E-state index contributed by atoms with van der Waals surface area (Å²) in [7, 11) is -4.48. The SMILES string of the molecule is Cc1ccc(S(=O)(=O)Nc2ccc(NNC=O)cc2)c(C)c1NC(=O)C[n+]1cccc(CON(C)CCCCCCN(C)C(=O)c2ccc[n+](CC(=O)Nc3c(C)ccc(S(=O)(=O)Nc4ccc(NNC=O)cc4)c3C)c2)c1. The van der Waals surface area contributed by atoms with Gasteiger partial charge in [0.05, 0.1) is 27.8 Å². The highest BCUT2D eigenvalue weighted by atomic mass is 32.2. The van der Waals surface area contributed by atoms with E-state index in [4.69, 9.17) is 4.84 Å². The summed E-state index contributed by atoms with van der Waals surface area (Å²) >= 11 is 0. The molecule has 0 atom stereocenters. The summed E-state index contributed by atoms with van der Waals surface area (Å²) in [5.41, 5.74) is 15.8. The van der Waals surface area contributed by atoms with Gasteiger partial charge in [0.1, 0.15) is 5.56 Å². The lowest BCUT2D eigenvalue weighted by Gasteiger charge is -2.18. The number of benzene rings is 4. The molecule has 8 N–H and O–H groups in total. The Kier molecular flexibility index (Phi) is 20.8. The highest BCUT2D eigenvalue weighted by molar-refractivity contribution is 7.93. The number of unbranched alkanes of at least 4 members (excludes halogenated alkanes) is 3. The van der Waals surface area contributed by atoms with Crippen molar-refractivity contribution in [3.8, 4) is 0 Å². The molecule has 4 aromatic carbocycles. The number of aromatic nitrogens is 2. The molecule has 412 valence electrons. The number of carbonyl (C=O) groups excluding carboxylic acids is 5.